The maximum Gasteiger partial charge on any atom is 0.00428 e. The quantitative estimate of drug-likeness (QED) is 0.503. The lowest BCUT2D eigenvalue weighted by atomic mass is 9.98. The van der Waals surface area contributed by atoms with E-state index in [0.29, 0.717) is 5.92 Å². The first-order valence-electron chi connectivity index (χ1n) is 7.91. The second kappa shape index (κ2) is 9.24. The molecule has 0 aliphatic carbocycles. The third kappa shape index (κ3) is 5.75. The highest BCUT2D eigenvalue weighted by Crippen LogP contribution is 2.21. The molecule has 0 saturated carbocycles. The number of hydrogen-bond donors (Lipinski definition) is 1. The van der Waals surface area contributed by atoms with Crippen LogP contribution in [0.15, 0.2) is 12.4 Å². The first-order chi connectivity index (χ1) is 8.75. The molecule has 0 radical (unpaired) electrons. The maximum atomic E-state index is 3.25. The molecular formula is C17H31N. The lowest BCUT2D eigenvalue weighted by molar-refractivity contribution is 0.575. The van der Waals surface area contributed by atoms with Crippen LogP contribution in [0.1, 0.15) is 89.2 Å². The van der Waals surface area contributed by atoms with Gasteiger partial charge in [-0.05, 0) is 29.9 Å². The molecule has 104 valence electrons. The molecule has 1 N–H and O–H groups in total. The minimum absolute atomic E-state index is 0.653. The van der Waals surface area contributed by atoms with Crippen LogP contribution in [0.2, 0.25) is 0 Å². The zero-order valence-corrected chi connectivity index (χ0v) is 12.6. The molecule has 0 amide bonds. The van der Waals surface area contributed by atoms with Gasteiger partial charge in [-0.1, -0.05) is 65.7 Å². The number of aryl methyl sites for hydroxylation is 1. The molecule has 0 saturated heterocycles. The largest absolute Gasteiger partial charge is 0.367 e. The minimum Gasteiger partial charge on any atom is -0.367 e. The zero-order chi connectivity index (χ0) is 13.2. The summed E-state index contributed by atoms with van der Waals surface area (Å²) in [6.45, 7) is 6.84. The summed E-state index contributed by atoms with van der Waals surface area (Å²) in [6.07, 6.45) is 16.9. The second-order valence-corrected chi connectivity index (χ2v) is 5.82. The Labute approximate surface area is 113 Å². The van der Waals surface area contributed by atoms with Gasteiger partial charge in [0.15, 0.2) is 0 Å². The van der Waals surface area contributed by atoms with Crippen molar-refractivity contribution in [3.05, 3.63) is 23.5 Å². The van der Waals surface area contributed by atoms with Gasteiger partial charge in [0.05, 0.1) is 0 Å². The summed E-state index contributed by atoms with van der Waals surface area (Å²) < 4.78 is 0. The average molecular weight is 249 g/mol. The first kappa shape index (κ1) is 15.3. The van der Waals surface area contributed by atoms with E-state index in [1.54, 1.807) is 0 Å². The predicted octanol–water partition coefficient (Wildman–Crippen LogP) is 5.82. The molecule has 1 rings (SSSR count). The Morgan fingerprint density at radius 1 is 0.889 bits per heavy atom. The lowest BCUT2D eigenvalue weighted by Crippen LogP contribution is -1.92. The Morgan fingerprint density at radius 3 is 2.11 bits per heavy atom. The van der Waals surface area contributed by atoms with Crippen molar-refractivity contribution in [2.45, 2.75) is 84.5 Å². The van der Waals surface area contributed by atoms with Gasteiger partial charge in [-0.3, -0.25) is 0 Å². The van der Waals surface area contributed by atoms with Crippen LogP contribution >= 0.6 is 0 Å². The monoisotopic (exact) mass is 249 g/mol. The summed E-state index contributed by atoms with van der Waals surface area (Å²) in [7, 11) is 0. The summed E-state index contributed by atoms with van der Waals surface area (Å²) in [5.74, 6) is 0.653. The van der Waals surface area contributed by atoms with Gasteiger partial charge in [0.1, 0.15) is 0 Å². The van der Waals surface area contributed by atoms with Crippen molar-refractivity contribution in [2.24, 2.45) is 0 Å². The maximum absolute atomic E-state index is 3.25. The molecule has 0 spiro atoms. The number of hydrogen-bond acceptors (Lipinski definition) is 0. The summed E-state index contributed by atoms with van der Waals surface area (Å²) in [4.78, 5) is 3.25. The van der Waals surface area contributed by atoms with E-state index in [4.69, 9.17) is 0 Å². The Balaban J connectivity index is 2.05. The van der Waals surface area contributed by atoms with Crippen LogP contribution in [0.5, 0.6) is 0 Å². The molecule has 0 bridgehead atoms. The molecule has 1 heteroatoms. The van der Waals surface area contributed by atoms with Crippen molar-refractivity contribution in [1.29, 1.82) is 0 Å². The molecule has 0 aliphatic rings. The zero-order valence-electron chi connectivity index (χ0n) is 12.6. The highest BCUT2D eigenvalue weighted by molar-refractivity contribution is 5.26. The van der Waals surface area contributed by atoms with E-state index < -0.39 is 0 Å². The summed E-state index contributed by atoms with van der Waals surface area (Å²) in [5, 5.41) is 0. The fourth-order valence-corrected chi connectivity index (χ4v) is 2.61. The SMILES string of the molecule is CCCCCCCCCCc1c[nH]cc1C(C)C. The van der Waals surface area contributed by atoms with E-state index >= 15 is 0 Å². The number of aromatic nitrogens is 1. The molecule has 1 heterocycles. The smallest absolute Gasteiger partial charge is 0.00428 e. The molecule has 0 aliphatic heterocycles. The fraction of sp³-hybridized carbons (Fsp3) is 0.765. The van der Waals surface area contributed by atoms with Crippen LogP contribution in [0.4, 0.5) is 0 Å². The van der Waals surface area contributed by atoms with Gasteiger partial charge in [-0.2, -0.15) is 0 Å². The first-order valence-corrected chi connectivity index (χ1v) is 7.91. The predicted molar refractivity (Wildman–Crippen MR) is 81.2 cm³/mol. The van der Waals surface area contributed by atoms with Gasteiger partial charge in [0.25, 0.3) is 0 Å². The highest BCUT2D eigenvalue weighted by Gasteiger charge is 2.06. The number of aromatic amines is 1. The van der Waals surface area contributed by atoms with E-state index in [1.807, 2.05) is 0 Å². The molecule has 0 aromatic carbocycles. The minimum atomic E-state index is 0.653. The van der Waals surface area contributed by atoms with Gasteiger partial charge < -0.3 is 4.98 Å². The molecule has 0 fully saturated rings. The third-order valence-corrected chi connectivity index (χ3v) is 3.79. The van der Waals surface area contributed by atoms with Crippen molar-refractivity contribution in [1.82, 2.24) is 4.98 Å². The van der Waals surface area contributed by atoms with E-state index in [2.05, 4.69) is 38.1 Å². The van der Waals surface area contributed by atoms with E-state index in [1.165, 1.54) is 68.9 Å². The van der Waals surface area contributed by atoms with Gasteiger partial charge in [-0.15, -0.1) is 0 Å². The topological polar surface area (TPSA) is 15.8 Å². The van der Waals surface area contributed by atoms with Crippen LogP contribution < -0.4 is 0 Å². The summed E-state index contributed by atoms with van der Waals surface area (Å²) in [6, 6.07) is 0. The molecule has 1 nitrogen and oxygen atoms in total. The average Bonchev–Trinajstić information content (AvgIpc) is 2.81. The highest BCUT2D eigenvalue weighted by atomic mass is 14.6. The Morgan fingerprint density at radius 2 is 1.50 bits per heavy atom. The van der Waals surface area contributed by atoms with Crippen molar-refractivity contribution < 1.29 is 0 Å². The second-order valence-electron chi connectivity index (χ2n) is 5.82. The standard InChI is InChI=1S/C17H31N/c1-4-5-6-7-8-9-10-11-12-16-13-18-14-17(16)15(2)3/h13-15,18H,4-12H2,1-3H3. The molecule has 1 aromatic heterocycles. The van der Waals surface area contributed by atoms with Crippen LogP contribution in [0.3, 0.4) is 0 Å². The number of nitrogens with one attached hydrogen (secondary N) is 1. The summed E-state index contributed by atoms with van der Waals surface area (Å²) in [5.41, 5.74) is 3.05. The third-order valence-electron chi connectivity index (χ3n) is 3.79. The van der Waals surface area contributed by atoms with Crippen molar-refractivity contribution in [2.75, 3.05) is 0 Å². The Kier molecular flexibility index (Phi) is 7.88. The van der Waals surface area contributed by atoms with Crippen molar-refractivity contribution >= 4 is 0 Å². The molecule has 1 aromatic rings. The number of rotatable bonds is 10. The fourth-order valence-electron chi connectivity index (χ4n) is 2.61. The Hall–Kier alpha value is -0.720. The molecule has 0 unspecified atom stereocenters. The van der Waals surface area contributed by atoms with E-state index in [-0.39, 0.29) is 0 Å². The van der Waals surface area contributed by atoms with Crippen molar-refractivity contribution in [3.63, 3.8) is 0 Å². The van der Waals surface area contributed by atoms with Gasteiger partial charge in [0, 0.05) is 12.4 Å². The number of H-pyrrole nitrogens is 1. The lowest BCUT2D eigenvalue weighted by Gasteiger charge is -2.07. The van der Waals surface area contributed by atoms with Crippen LogP contribution in [-0.4, -0.2) is 4.98 Å². The van der Waals surface area contributed by atoms with E-state index in [0.717, 1.165) is 0 Å². The molecule has 18 heavy (non-hydrogen) atoms. The van der Waals surface area contributed by atoms with Crippen LogP contribution in [0.25, 0.3) is 0 Å². The molecular weight excluding hydrogens is 218 g/mol. The molecule has 0 atom stereocenters. The Bertz CT molecular complexity index is 298. The van der Waals surface area contributed by atoms with Gasteiger partial charge in [0.2, 0.25) is 0 Å². The number of unbranched alkanes of at least 4 members (excludes halogenated alkanes) is 7. The normalized spacial score (nSPS) is 11.3. The van der Waals surface area contributed by atoms with Gasteiger partial charge in [-0.25, -0.2) is 0 Å². The van der Waals surface area contributed by atoms with E-state index in [9.17, 15) is 0 Å². The van der Waals surface area contributed by atoms with Crippen LogP contribution in [-0.2, 0) is 6.42 Å². The van der Waals surface area contributed by atoms with Crippen molar-refractivity contribution in [3.8, 4) is 0 Å². The van der Waals surface area contributed by atoms with Gasteiger partial charge >= 0.3 is 0 Å². The summed E-state index contributed by atoms with van der Waals surface area (Å²) >= 11 is 0. The van der Waals surface area contributed by atoms with Crippen LogP contribution in [0, 0.1) is 0 Å².